The van der Waals surface area contributed by atoms with Crippen LogP contribution in [0.25, 0.3) is 0 Å². The molecule has 6 nitrogen and oxygen atoms in total. The number of anilines is 1. The zero-order chi connectivity index (χ0) is 16.7. The van der Waals surface area contributed by atoms with Gasteiger partial charge in [-0.25, -0.2) is 10.4 Å². The Morgan fingerprint density at radius 1 is 1.35 bits per heavy atom. The van der Waals surface area contributed by atoms with Crippen LogP contribution in [0.5, 0.6) is 5.75 Å². The largest absolute Gasteiger partial charge is 0.497 e. The van der Waals surface area contributed by atoms with Gasteiger partial charge in [-0.1, -0.05) is 11.3 Å². The number of thiazole rings is 1. The van der Waals surface area contributed by atoms with Crippen molar-refractivity contribution < 1.29 is 9.53 Å². The molecule has 0 radical (unpaired) electrons. The van der Waals surface area contributed by atoms with Gasteiger partial charge in [0.15, 0.2) is 5.13 Å². The molecule has 0 bridgehead atoms. The summed E-state index contributed by atoms with van der Waals surface area (Å²) in [6.45, 7) is 6.01. The molecule has 1 amide bonds. The minimum absolute atomic E-state index is 0.266. The van der Waals surface area contributed by atoms with Crippen molar-refractivity contribution in [3.05, 3.63) is 40.9 Å². The van der Waals surface area contributed by atoms with Crippen LogP contribution in [0.1, 0.15) is 29.1 Å². The van der Waals surface area contributed by atoms with Crippen LogP contribution in [0.4, 0.5) is 5.13 Å². The smallest absolute Gasteiger partial charge is 0.271 e. The summed E-state index contributed by atoms with van der Waals surface area (Å²) in [5, 5.41) is 4.94. The molecular weight excluding hydrogens is 312 g/mol. The molecule has 2 aromatic rings. The van der Waals surface area contributed by atoms with Crippen molar-refractivity contribution in [3.63, 3.8) is 0 Å². The van der Waals surface area contributed by atoms with Crippen LogP contribution < -0.4 is 15.1 Å². The minimum Gasteiger partial charge on any atom is -0.497 e. The van der Waals surface area contributed by atoms with Crippen molar-refractivity contribution >= 4 is 28.6 Å². The first kappa shape index (κ1) is 17.0. The minimum atomic E-state index is -0.266. The zero-order valence-electron chi connectivity index (χ0n) is 13.4. The molecule has 0 atom stereocenters. The summed E-state index contributed by atoms with van der Waals surface area (Å²) in [6.07, 6.45) is 3.35. The summed E-state index contributed by atoms with van der Waals surface area (Å²) in [5.41, 5.74) is 3.03. The number of ether oxygens (including phenoxy) is 1. The summed E-state index contributed by atoms with van der Waals surface area (Å²) >= 11 is 1.54. The zero-order valence-corrected chi connectivity index (χ0v) is 14.3. The van der Waals surface area contributed by atoms with Crippen LogP contribution >= 0.6 is 11.3 Å². The van der Waals surface area contributed by atoms with Gasteiger partial charge < -0.3 is 9.64 Å². The standard InChI is InChI=1S/C16H20N4O2S/c1-4-20(5-2)16-17-10-14(23-16)11-18-19-15(21)12-6-8-13(22-3)9-7-12/h6-11H,4-5H2,1-3H3,(H,19,21)/b18-11-. The maximum Gasteiger partial charge on any atom is 0.271 e. The van der Waals surface area contributed by atoms with Gasteiger partial charge in [-0.3, -0.25) is 4.79 Å². The molecule has 0 spiro atoms. The predicted octanol–water partition coefficient (Wildman–Crippen LogP) is 2.76. The first-order valence-electron chi connectivity index (χ1n) is 7.36. The highest BCUT2D eigenvalue weighted by Gasteiger charge is 2.07. The van der Waals surface area contributed by atoms with E-state index in [1.807, 2.05) is 0 Å². The summed E-state index contributed by atoms with van der Waals surface area (Å²) in [5.74, 6) is 0.441. The number of amides is 1. The lowest BCUT2D eigenvalue weighted by Crippen LogP contribution is -2.21. The number of hydrogen-bond acceptors (Lipinski definition) is 6. The lowest BCUT2D eigenvalue weighted by Gasteiger charge is -2.16. The van der Waals surface area contributed by atoms with E-state index < -0.39 is 0 Å². The third-order valence-electron chi connectivity index (χ3n) is 3.26. The van der Waals surface area contributed by atoms with Gasteiger partial charge in [0.05, 0.1) is 18.2 Å². The maximum atomic E-state index is 12.0. The van der Waals surface area contributed by atoms with Crippen molar-refractivity contribution in [2.45, 2.75) is 13.8 Å². The van der Waals surface area contributed by atoms with Crippen LogP contribution in [0.2, 0.25) is 0 Å². The van der Waals surface area contributed by atoms with E-state index in [9.17, 15) is 4.79 Å². The monoisotopic (exact) mass is 332 g/mol. The van der Waals surface area contributed by atoms with Gasteiger partial charge in [0, 0.05) is 24.8 Å². The normalized spacial score (nSPS) is 10.7. The predicted molar refractivity (Wildman–Crippen MR) is 93.7 cm³/mol. The summed E-state index contributed by atoms with van der Waals surface area (Å²) < 4.78 is 5.06. The molecule has 0 saturated carbocycles. The van der Waals surface area contributed by atoms with Crippen LogP contribution in [0, 0.1) is 0 Å². The van der Waals surface area contributed by atoms with Gasteiger partial charge in [0.1, 0.15) is 5.75 Å². The summed E-state index contributed by atoms with van der Waals surface area (Å²) in [7, 11) is 1.58. The van der Waals surface area contributed by atoms with Crippen LogP contribution in [0.3, 0.4) is 0 Å². The van der Waals surface area contributed by atoms with Crippen molar-refractivity contribution in [2.24, 2.45) is 5.10 Å². The maximum absolute atomic E-state index is 12.0. The lowest BCUT2D eigenvalue weighted by molar-refractivity contribution is 0.0955. The molecule has 0 aliphatic heterocycles. The van der Waals surface area contributed by atoms with Gasteiger partial charge in [-0.05, 0) is 38.1 Å². The number of hydrazone groups is 1. The van der Waals surface area contributed by atoms with E-state index in [0.29, 0.717) is 11.3 Å². The van der Waals surface area contributed by atoms with Crippen LogP contribution in [0.15, 0.2) is 35.6 Å². The number of methoxy groups -OCH3 is 1. The molecule has 0 aliphatic rings. The Kier molecular flexibility index (Phi) is 6.10. The fourth-order valence-corrected chi connectivity index (χ4v) is 2.85. The summed E-state index contributed by atoms with van der Waals surface area (Å²) in [6, 6.07) is 6.85. The highest BCUT2D eigenvalue weighted by Crippen LogP contribution is 2.20. The third-order valence-corrected chi connectivity index (χ3v) is 4.25. The van der Waals surface area contributed by atoms with Gasteiger partial charge >= 0.3 is 0 Å². The van der Waals surface area contributed by atoms with Gasteiger partial charge in [-0.15, -0.1) is 0 Å². The van der Waals surface area contributed by atoms with E-state index in [1.165, 1.54) is 0 Å². The Bertz CT molecular complexity index is 663. The second-order valence-electron chi connectivity index (χ2n) is 4.65. The fourth-order valence-electron chi connectivity index (χ4n) is 1.94. The third kappa shape index (κ3) is 4.53. The molecule has 1 aromatic carbocycles. The van der Waals surface area contributed by atoms with E-state index in [4.69, 9.17) is 4.74 Å². The van der Waals surface area contributed by atoms with Crippen molar-refractivity contribution in [1.29, 1.82) is 0 Å². The second-order valence-corrected chi connectivity index (χ2v) is 5.69. The Balaban J connectivity index is 1.94. The number of carbonyl (C=O) groups excluding carboxylic acids is 1. The highest BCUT2D eigenvalue weighted by molar-refractivity contribution is 7.17. The molecule has 1 N–H and O–H groups in total. The molecule has 0 fully saturated rings. The number of aromatic nitrogens is 1. The van der Waals surface area contributed by atoms with Crippen molar-refractivity contribution in [3.8, 4) is 5.75 Å². The molecule has 0 saturated heterocycles. The highest BCUT2D eigenvalue weighted by atomic mass is 32.1. The Labute approximate surface area is 139 Å². The van der Waals surface area contributed by atoms with E-state index in [-0.39, 0.29) is 5.91 Å². The number of nitrogens with one attached hydrogen (secondary N) is 1. The van der Waals surface area contributed by atoms with Crippen LogP contribution in [-0.2, 0) is 0 Å². The molecule has 1 heterocycles. The van der Waals surface area contributed by atoms with E-state index in [0.717, 1.165) is 23.1 Å². The van der Waals surface area contributed by atoms with Gasteiger partial charge in [-0.2, -0.15) is 5.10 Å². The Morgan fingerprint density at radius 2 is 2.04 bits per heavy atom. The van der Waals surface area contributed by atoms with Gasteiger partial charge in [0.25, 0.3) is 5.91 Å². The average Bonchev–Trinajstić information content (AvgIpc) is 3.04. The topological polar surface area (TPSA) is 66.8 Å². The van der Waals surface area contributed by atoms with E-state index >= 15 is 0 Å². The van der Waals surface area contributed by atoms with Crippen molar-refractivity contribution in [1.82, 2.24) is 10.4 Å². The number of carbonyl (C=O) groups is 1. The summed E-state index contributed by atoms with van der Waals surface area (Å²) in [4.78, 5) is 19.4. The second kappa shape index (κ2) is 8.28. The molecule has 122 valence electrons. The fraction of sp³-hybridized carbons (Fsp3) is 0.312. The molecule has 0 unspecified atom stereocenters. The molecule has 2 rings (SSSR count). The van der Waals surface area contributed by atoms with Crippen LogP contribution in [-0.4, -0.2) is 37.3 Å². The number of rotatable bonds is 7. The molecule has 7 heteroatoms. The number of benzene rings is 1. The van der Waals surface area contributed by atoms with E-state index in [2.05, 4.69) is 34.3 Å². The number of nitrogens with zero attached hydrogens (tertiary/aromatic N) is 3. The van der Waals surface area contributed by atoms with Gasteiger partial charge in [0.2, 0.25) is 0 Å². The quantitative estimate of drug-likeness (QED) is 0.625. The molecule has 23 heavy (non-hydrogen) atoms. The molecule has 1 aromatic heterocycles. The Morgan fingerprint density at radius 3 is 2.65 bits per heavy atom. The SMILES string of the molecule is CCN(CC)c1ncc(/C=N\NC(=O)c2ccc(OC)cc2)s1. The first-order valence-corrected chi connectivity index (χ1v) is 8.17. The Hall–Kier alpha value is -2.41. The molecular formula is C16H20N4O2S. The number of hydrogen-bond donors (Lipinski definition) is 1. The van der Waals surface area contributed by atoms with Crippen molar-refractivity contribution in [2.75, 3.05) is 25.1 Å². The van der Waals surface area contributed by atoms with E-state index in [1.54, 1.807) is 55.1 Å². The molecule has 0 aliphatic carbocycles. The first-order chi connectivity index (χ1) is 11.2. The lowest BCUT2D eigenvalue weighted by atomic mass is 10.2. The average molecular weight is 332 g/mol.